The Labute approximate surface area is 85.0 Å². The van der Waals surface area contributed by atoms with Crippen LogP contribution < -0.4 is 5.73 Å². The standard InChI is InChI=1S/C9H10BrNO2/c1-6(12)13-5-7-4-8(10)2-3-9(7)11/h2-4H,5,11H2,1H3. The smallest absolute Gasteiger partial charge is 0.302 e. The lowest BCUT2D eigenvalue weighted by Crippen LogP contribution is -2.01. The molecule has 0 bridgehead atoms. The maximum absolute atomic E-state index is 10.5. The second-order valence-corrected chi connectivity index (χ2v) is 3.54. The molecule has 3 nitrogen and oxygen atoms in total. The number of hydrogen-bond acceptors (Lipinski definition) is 3. The molecule has 0 saturated heterocycles. The van der Waals surface area contributed by atoms with E-state index >= 15 is 0 Å². The summed E-state index contributed by atoms with van der Waals surface area (Å²) >= 11 is 3.31. The van der Waals surface area contributed by atoms with Crippen molar-refractivity contribution in [3.63, 3.8) is 0 Å². The first-order valence-corrected chi connectivity index (χ1v) is 4.56. The van der Waals surface area contributed by atoms with Crippen molar-refractivity contribution >= 4 is 27.6 Å². The van der Waals surface area contributed by atoms with Crippen LogP contribution >= 0.6 is 15.9 Å². The van der Waals surface area contributed by atoms with Crippen LogP contribution in [0, 0.1) is 0 Å². The van der Waals surface area contributed by atoms with Crippen molar-refractivity contribution in [2.75, 3.05) is 5.73 Å². The SMILES string of the molecule is CC(=O)OCc1cc(Br)ccc1N. The van der Waals surface area contributed by atoms with Crippen LogP contribution in [0.4, 0.5) is 5.69 Å². The molecule has 0 aliphatic heterocycles. The van der Waals surface area contributed by atoms with Crippen molar-refractivity contribution in [1.82, 2.24) is 0 Å². The van der Waals surface area contributed by atoms with Crippen LogP contribution in [0.2, 0.25) is 0 Å². The summed E-state index contributed by atoms with van der Waals surface area (Å²) < 4.78 is 5.74. The van der Waals surface area contributed by atoms with E-state index < -0.39 is 0 Å². The minimum atomic E-state index is -0.306. The van der Waals surface area contributed by atoms with Gasteiger partial charge in [-0.15, -0.1) is 0 Å². The molecule has 0 aliphatic carbocycles. The Bertz CT molecular complexity index is 325. The number of ether oxygens (including phenoxy) is 1. The van der Waals surface area contributed by atoms with E-state index in [9.17, 15) is 4.79 Å². The van der Waals surface area contributed by atoms with E-state index in [1.54, 1.807) is 6.07 Å². The predicted octanol–water partition coefficient (Wildman–Crippen LogP) is 2.09. The van der Waals surface area contributed by atoms with E-state index in [2.05, 4.69) is 15.9 Å². The first kappa shape index (κ1) is 10.1. The predicted molar refractivity (Wildman–Crippen MR) is 54.0 cm³/mol. The Balaban J connectivity index is 2.75. The fourth-order valence-corrected chi connectivity index (χ4v) is 1.29. The van der Waals surface area contributed by atoms with Gasteiger partial charge in [0, 0.05) is 22.6 Å². The number of anilines is 1. The van der Waals surface area contributed by atoms with Crippen LogP contribution in [0.1, 0.15) is 12.5 Å². The lowest BCUT2D eigenvalue weighted by atomic mass is 10.2. The van der Waals surface area contributed by atoms with Gasteiger partial charge < -0.3 is 10.5 Å². The summed E-state index contributed by atoms with van der Waals surface area (Å²) in [4.78, 5) is 10.5. The molecule has 0 aromatic heterocycles. The number of nitrogens with two attached hydrogens (primary N) is 1. The lowest BCUT2D eigenvalue weighted by molar-refractivity contribution is -0.142. The highest BCUT2D eigenvalue weighted by molar-refractivity contribution is 9.10. The number of carbonyl (C=O) groups is 1. The van der Waals surface area contributed by atoms with Gasteiger partial charge in [0.05, 0.1) is 0 Å². The highest BCUT2D eigenvalue weighted by atomic mass is 79.9. The van der Waals surface area contributed by atoms with E-state index in [1.807, 2.05) is 12.1 Å². The lowest BCUT2D eigenvalue weighted by Gasteiger charge is -2.05. The number of hydrogen-bond donors (Lipinski definition) is 1. The minimum absolute atomic E-state index is 0.223. The molecule has 1 rings (SSSR count). The molecule has 1 aromatic rings. The monoisotopic (exact) mass is 243 g/mol. The van der Waals surface area contributed by atoms with Crippen LogP contribution in [-0.4, -0.2) is 5.97 Å². The number of nitrogen functional groups attached to an aromatic ring is 1. The van der Waals surface area contributed by atoms with Crippen LogP contribution in [0.3, 0.4) is 0 Å². The van der Waals surface area contributed by atoms with Crippen LogP contribution in [0.15, 0.2) is 22.7 Å². The van der Waals surface area contributed by atoms with Gasteiger partial charge in [0.15, 0.2) is 0 Å². The second-order valence-electron chi connectivity index (χ2n) is 2.62. The van der Waals surface area contributed by atoms with Gasteiger partial charge in [0.25, 0.3) is 0 Å². The summed E-state index contributed by atoms with van der Waals surface area (Å²) in [7, 11) is 0. The van der Waals surface area contributed by atoms with E-state index in [1.165, 1.54) is 6.92 Å². The Kier molecular flexibility index (Phi) is 3.31. The number of halogens is 1. The molecule has 4 heteroatoms. The molecule has 0 atom stereocenters. The first-order valence-electron chi connectivity index (χ1n) is 3.77. The summed E-state index contributed by atoms with van der Waals surface area (Å²) in [6, 6.07) is 5.44. The Morgan fingerprint density at radius 2 is 2.31 bits per heavy atom. The fraction of sp³-hybridized carbons (Fsp3) is 0.222. The number of carbonyl (C=O) groups excluding carboxylic acids is 1. The minimum Gasteiger partial charge on any atom is -0.461 e. The molecule has 0 fully saturated rings. The maximum Gasteiger partial charge on any atom is 0.302 e. The number of rotatable bonds is 2. The van der Waals surface area contributed by atoms with E-state index in [-0.39, 0.29) is 12.6 Å². The molecule has 0 spiro atoms. The third-order valence-corrected chi connectivity index (χ3v) is 2.03. The van der Waals surface area contributed by atoms with Gasteiger partial charge in [0.1, 0.15) is 6.61 Å². The van der Waals surface area contributed by atoms with Gasteiger partial charge in [-0.2, -0.15) is 0 Å². The molecule has 70 valence electrons. The Morgan fingerprint density at radius 1 is 1.62 bits per heavy atom. The van der Waals surface area contributed by atoms with Crippen molar-refractivity contribution in [1.29, 1.82) is 0 Å². The molecular formula is C9H10BrNO2. The number of esters is 1. The van der Waals surface area contributed by atoms with E-state index in [0.717, 1.165) is 10.0 Å². The zero-order valence-electron chi connectivity index (χ0n) is 7.21. The van der Waals surface area contributed by atoms with Gasteiger partial charge in [-0.25, -0.2) is 0 Å². The second kappa shape index (κ2) is 4.28. The normalized spacial score (nSPS) is 9.69. The van der Waals surface area contributed by atoms with Gasteiger partial charge in [0.2, 0.25) is 0 Å². The third kappa shape index (κ3) is 3.06. The summed E-state index contributed by atoms with van der Waals surface area (Å²) in [5.41, 5.74) is 7.10. The van der Waals surface area contributed by atoms with Crippen LogP contribution in [0.25, 0.3) is 0 Å². The molecule has 0 aliphatic rings. The van der Waals surface area contributed by atoms with Crippen LogP contribution in [0.5, 0.6) is 0 Å². The van der Waals surface area contributed by atoms with Crippen molar-refractivity contribution in [2.24, 2.45) is 0 Å². The first-order chi connectivity index (χ1) is 6.09. The molecule has 0 radical (unpaired) electrons. The molecule has 1 aromatic carbocycles. The molecule has 0 unspecified atom stereocenters. The average Bonchev–Trinajstić information content (AvgIpc) is 2.06. The largest absolute Gasteiger partial charge is 0.461 e. The molecule has 0 amide bonds. The summed E-state index contributed by atoms with van der Waals surface area (Å²) in [5.74, 6) is -0.306. The average molecular weight is 244 g/mol. The summed E-state index contributed by atoms with van der Waals surface area (Å²) in [6.45, 7) is 1.59. The molecule has 0 heterocycles. The Morgan fingerprint density at radius 3 is 2.92 bits per heavy atom. The van der Waals surface area contributed by atoms with Gasteiger partial charge in [-0.05, 0) is 18.2 Å². The summed E-state index contributed by atoms with van der Waals surface area (Å²) in [6.07, 6.45) is 0. The van der Waals surface area contributed by atoms with Crippen LogP contribution in [-0.2, 0) is 16.1 Å². The van der Waals surface area contributed by atoms with Crippen molar-refractivity contribution < 1.29 is 9.53 Å². The Hall–Kier alpha value is -1.03. The molecule has 13 heavy (non-hydrogen) atoms. The highest BCUT2D eigenvalue weighted by Gasteiger charge is 2.01. The quantitative estimate of drug-likeness (QED) is 0.640. The number of benzene rings is 1. The van der Waals surface area contributed by atoms with Gasteiger partial charge in [-0.1, -0.05) is 15.9 Å². The third-order valence-electron chi connectivity index (χ3n) is 1.54. The highest BCUT2D eigenvalue weighted by Crippen LogP contribution is 2.18. The van der Waals surface area contributed by atoms with E-state index in [4.69, 9.17) is 10.5 Å². The molecular weight excluding hydrogens is 234 g/mol. The zero-order chi connectivity index (χ0) is 9.84. The maximum atomic E-state index is 10.5. The fourth-order valence-electron chi connectivity index (χ4n) is 0.879. The summed E-state index contributed by atoms with van der Waals surface area (Å²) in [5, 5.41) is 0. The van der Waals surface area contributed by atoms with Crippen molar-refractivity contribution in [3.05, 3.63) is 28.2 Å². The molecule has 2 N–H and O–H groups in total. The van der Waals surface area contributed by atoms with Gasteiger partial charge >= 0.3 is 5.97 Å². The molecule has 0 saturated carbocycles. The van der Waals surface area contributed by atoms with Crippen molar-refractivity contribution in [2.45, 2.75) is 13.5 Å². The zero-order valence-corrected chi connectivity index (χ0v) is 8.80. The van der Waals surface area contributed by atoms with Crippen molar-refractivity contribution in [3.8, 4) is 0 Å². The van der Waals surface area contributed by atoms with E-state index in [0.29, 0.717) is 5.69 Å². The topological polar surface area (TPSA) is 52.3 Å². The van der Waals surface area contributed by atoms with Gasteiger partial charge in [-0.3, -0.25) is 4.79 Å².